The molecular weight excluding hydrogens is 266 g/mol. The highest BCUT2D eigenvalue weighted by atomic mass is 16.1. The topological polar surface area (TPSA) is 63.9 Å². The Hall–Kier alpha value is -2.24. The fourth-order valence-electron chi connectivity index (χ4n) is 2.97. The molecule has 0 bridgehead atoms. The molecule has 108 valence electrons. The molecule has 0 aromatic carbocycles. The molecule has 6 nitrogen and oxygen atoms in total. The van der Waals surface area contributed by atoms with Gasteiger partial charge in [-0.3, -0.25) is 9.48 Å². The molecule has 0 amide bonds. The van der Waals surface area contributed by atoms with Gasteiger partial charge in [0.05, 0.1) is 18.3 Å². The minimum atomic E-state index is 0.0282. The van der Waals surface area contributed by atoms with E-state index in [4.69, 9.17) is 0 Å². The third-order valence-corrected chi connectivity index (χ3v) is 4.34. The Balaban J connectivity index is 1.44. The molecule has 2 fully saturated rings. The Bertz CT molecular complexity index is 668. The molecule has 2 aliphatic rings. The van der Waals surface area contributed by atoms with Crippen LogP contribution in [0, 0.1) is 11.8 Å². The van der Waals surface area contributed by atoms with Crippen LogP contribution in [0.3, 0.4) is 0 Å². The molecule has 2 unspecified atom stereocenters. The molecule has 2 aromatic rings. The maximum atomic E-state index is 11.2. The standard InChI is InChI=1S/C15H17N5O/c1-10(21)14-5-18-20(9-14)6-11-3-16-15(17-4-11)19-7-12-2-13(12)8-19/h3-5,9,12-13H,2,6-8H2,1H3. The van der Waals surface area contributed by atoms with Crippen molar-refractivity contribution in [2.75, 3.05) is 18.0 Å². The minimum absolute atomic E-state index is 0.0282. The van der Waals surface area contributed by atoms with Crippen molar-refractivity contribution in [3.05, 3.63) is 35.9 Å². The van der Waals surface area contributed by atoms with Gasteiger partial charge in [0.25, 0.3) is 0 Å². The number of hydrogen-bond donors (Lipinski definition) is 0. The number of ketones is 1. The lowest BCUT2D eigenvalue weighted by atomic mass is 10.3. The third kappa shape index (κ3) is 2.41. The zero-order valence-corrected chi connectivity index (χ0v) is 11.9. The number of anilines is 1. The normalized spacial score (nSPS) is 23.2. The number of piperidine rings is 1. The number of aromatic nitrogens is 4. The SMILES string of the molecule is CC(=O)c1cnn(Cc2cnc(N3CC4CC4C3)nc2)c1. The summed E-state index contributed by atoms with van der Waals surface area (Å²) in [4.78, 5) is 22.4. The molecule has 0 N–H and O–H groups in total. The number of hydrogen-bond acceptors (Lipinski definition) is 5. The number of fused-ring (bicyclic) bond motifs is 1. The van der Waals surface area contributed by atoms with Crippen LogP contribution in [0.1, 0.15) is 29.3 Å². The highest BCUT2D eigenvalue weighted by Crippen LogP contribution is 2.45. The summed E-state index contributed by atoms with van der Waals surface area (Å²) in [5.41, 5.74) is 1.62. The number of carbonyl (C=O) groups excluding carboxylic acids is 1. The second kappa shape index (κ2) is 4.65. The molecule has 0 radical (unpaired) electrons. The molecular formula is C15H17N5O. The second-order valence-electron chi connectivity index (χ2n) is 6.03. The summed E-state index contributed by atoms with van der Waals surface area (Å²) >= 11 is 0. The molecule has 1 saturated heterocycles. The Morgan fingerprint density at radius 1 is 1.24 bits per heavy atom. The molecule has 3 heterocycles. The summed E-state index contributed by atoms with van der Waals surface area (Å²) in [6.07, 6.45) is 8.42. The lowest BCUT2D eigenvalue weighted by Gasteiger charge is -2.17. The molecule has 1 aliphatic carbocycles. The van der Waals surface area contributed by atoms with Crippen molar-refractivity contribution in [1.29, 1.82) is 0 Å². The van der Waals surface area contributed by atoms with Crippen LogP contribution in [0.2, 0.25) is 0 Å². The quantitative estimate of drug-likeness (QED) is 0.793. The van der Waals surface area contributed by atoms with Gasteiger partial charge in [-0.2, -0.15) is 5.10 Å². The molecule has 4 rings (SSSR count). The van der Waals surface area contributed by atoms with Crippen LogP contribution in [-0.4, -0.2) is 38.6 Å². The average molecular weight is 283 g/mol. The van der Waals surface area contributed by atoms with Crippen molar-refractivity contribution in [2.24, 2.45) is 11.8 Å². The summed E-state index contributed by atoms with van der Waals surface area (Å²) < 4.78 is 1.74. The fourth-order valence-corrected chi connectivity index (χ4v) is 2.97. The summed E-state index contributed by atoms with van der Waals surface area (Å²) in [7, 11) is 0. The van der Waals surface area contributed by atoms with Crippen LogP contribution < -0.4 is 4.90 Å². The zero-order valence-electron chi connectivity index (χ0n) is 11.9. The van der Waals surface area contributed by atoms with E-state index in [1.54, 1.807) is 24.0 Å². The lowest BCUT2D eigenvalue weighted by Crippen LogP contribution is -2.24. The van der Waals surface area contributed by atoms with Crippen molar-refractivity contribution in [3.8, 4) is 0 Å². The van der Waals surface area contributed by atoms with Gasteiger partial charge in [0.2, 0.25) is 5.95 Å². The first-order chi connectivity index (χ1) is 10.2. The van der Waals surface area contributed by atoms with Gasteiger partial charge in [-0.15, -0.1) is 0 Å². The zero-order chi connectivity index (χ0) is 14.4. The van der Waals surface area contributed by atoms with E-state index in [0.29, 0.717) is 12.1 Å². The molecule has 6 heteroatoms. The van der Waals surface area contributed by atoms with Crippen LogP contribution in [0.15, 0.2) is 24.8 Å². The van der Waals surface area contributed by atoms with Gasteiger partial charge < -0.3 is 4.90 Å². The minimum Gasteiger partial charge on any atom is -0.340 e. The third-order valence-electron chi connectivity index (χ3n) is 4.34. The van der Waals surface area contributed by atoms with E-state index in [0.717, 1.165) is 36.4 Å². The van der Waals surface area contributed by atoms with Crippen LogP contribution in [-0.2, 0) is 6.54 Å². The van der Waals surface area contributed by atoms with Crippen molar-refractivity contribution in [1.82, 2.24) is 19.7 Å². The second-order valence-corrected chi connectivity index (χ2v) is 6.03. The van der Waals surface area contributed by atoms with E-state index in [1.165, 1.54) is 6.42 Å². The highest BCUT2D eigenvalue weighted by Gasteiger charge is 2.45. The summed E-state index contributed by atoms with van der Waals surface area (Å²) in [5, 5.41) is 4.18. The number of rotatable bonds is 4. The van der Waals surface area contributed by atoms with Crippen molar-refractivity contribution < 1.29 is 4.79 Å². The maximum Gasteiger partial charge on any atom is 0.225 e. The van der Waals surface area contributed by atoms with E-state index >= 15 is 0 Å². The van der Waals surface area contributed by atoms with Gasteiger partial charge in [-0.1, -0.05) is 0 Å². The predicted molar refractivity (Wildman–Crippen MR) is 77.2 cm³/mol. The number of nitrogens with zero attached hydrogens (tertiary/aromatic N) is 5. The van der Waals surface area contributed by atoms with Gasteiger partial charge >= 0.3 is 0 Å². The van der Waals surface area contributed by atoms with Crippen LogP contribution in [0.4, 0.5) is 5.95 Å². The Labute approximate surface area is 122 Å². The fraction of sp³-hybridized carbons (Fsp3) is 0.467. The van der Waals surface area contributed by atoms with Crippen molar-refractivity contribution in [2.45, 2.75) is 19.9 Å². The summed E-state index contributed by atoms with van der Waals surface area (Å²) in [5.74, 6) is 2.61. The molecule has 1 aliphatic heterocycles. The summed E-state index contributed by atoms with van der Waals surface area (Å²) in [6, 6.07) is 0. The Kier molecular flexibility index (Phi) is 2.77. The highest BCUT2D eigenvalue weighted by molar-refractivity contribution is 5.93. The largest absolute Gasteiger partial charge is 0.340 e. The van der Waals surface area contributed by atoms with Gasteiger partial charge in [-0.25, -0.2) is 9.97 Å². The smallest absolute Gasteiger partial charge is 0.225 e. The number of Topliss-reactive ketones (excluding diaryl/α,β-unsaturated/α-hetero) is 1. The van der Waals surface area contributed by atoms with Crippen LogP contribution >= 0.6 is 0 Å². The van der Waals surface area contributed by atoms with E-state index in [2.05, 4.69) is 20.0 Å². The first-order valence-corrected chi connectivity index (χ1v) is 7.28. The average Bonchev–Trinajstić information content (AvgIpc) is 2.90. The van der Waals surface area contributed by atoms with Gasteiger partial charge in [0.1, 0.15) is 0 Å². The summed E-state index contributed by atoms with van der Waals surface area (Å²) in [6.45, 7) is 4.33. The van der Waals surface area contributed by atoms with E-state index < -0.39 is 0 Å². The van der Waals surface area contributed by atoms with E-state index in [9.17, 15) is 4.79 Å². The van der Waals surface area contributed by atoms with E-state index in [1.807, 2.05) is 12.4 Å². The Morgan fingerprint density at radius 2 is 1.95 bits per heavy atom. The van der Waals surface area contributed by atoms with Gasteiger partial charge in [0.15, 0.2) is 5.78 Å². The molecule has 0 spiro atoms. The van der Waals surface area contributed by atoms with Crippen molar-refractivity contribution >= 4 is 11.7 Å². The van der Waals surface area contributed by atoms with Gasteiger partial charge in [-0.05, 0) is 25.2 Å². The lowest BCUT2D eigenvalue weighted by molar-refractivity contribution is 0.101. The van der Waals surface area contributed by atoms with Crippen molar-refractivity contribution in [3.63, 3.8) is 0 Å². The van der Waals surface area contributed by atoms with E-state index in [-0.39, 0.29) is 5.78 Å². The number of carbonyl (C=O) groups is 1. The molecule has 21 heavy (non-hydrogen) atoms. The van der Waals surface area contributed by atoms with Gasteiger partial charge in [0, 0.05) is 37.2 Å². The first-order valence-electron chi connectivity index (χ1n) is 7.28. The first kappa shape index (κ1) is 12.5. The Morgan fingerprint density at radius 3 is 2.57 bits per heavy atom. The van der Waals surface area contributed by atoms with Crippen LogP contribution in [0.5, 0.6) is 0 Å². The molecule has 1 saturated carbocycles. The van der Waals surface area contributed by atoms with Crippen LogP contribution in [0.25, 0.3) is 0 Å². The predicted octanol–water partition coefficient (Wildman–Crippen LogP) is 1.38. The molecule has 2 atom stereocenters. The monoisotopic (exact) mass is 283 g/mol. The molecule has 2 aromatic heterocycles. The maximum absolute atomic E-state index is 11.2.